The van der Waals surface area contributed by atoms with E-state index in [1.165, 1.54) is 0 Å². The van der Waals surface area contributed by atoms with E-state index >= 15 is 0 Å². The minimum atomic E-state index is 0.764. The van der Waals surface area contributed by atoms with Crippen LogP contribution < -0.4 is 4.90 Å². The average Bonchev–Trinajstić information content (AvgIpc) is 3.00. The van der Waals surface area contributed by atoms with E-state index in [2.05, 4.69) is 36.9 Å². The standard InChI is InChI=1S/C15H17N7/c1-20-6-8-21(9-7-20)14-12-10-19-22(15(12)18-11-17-14)13-4-2-3-5-16-13/h2-5,10-11H,6-9H2,1H3. The zero-order valence-corrected chi connectivity index (χ0v) is 12.4. The van der Waals surface area contributed by atoms with Gasteiger partial charge < -0.3 is 9.80 Å². The number of hydrogen-bond acceptors (Lipinski definition) is 6. The molecule has 0 radical (unpaired) electrons. The van der Waals surface area contributed by atoms with Crippen LogP contribution in [0.5, 0.6) is 0 Å². The second-order valence-electron chi connectivity index (χ2n) is 5.47. The van der Waals surface area contributed by atoms with E-state index in [-0.39, 0.29) is 0 Å². The fourth-order valence-corrected chi connectivity index (χ4v) is 2.75. The van der Waals surface area contributed by atoms with E-state index in [4.69, 9.17) is 0 Å². The summed E-state index contributed by atoms with van der Waals surface area (Å²) in [6.45, 7) is 4.02. The number of rotatable bonds is 2. The molecule has 3 aromatic rings. The number of piperazine rings is 1. The third kappa shape index (κ3) is 2.19. The van der Waals surface area contributed by atoms with Crippen molar-refractivity contribution in [1.29, 1.82) is 0 Å². The smallest absolute Gasteiger partial charge is 0.170 e. The molecule has 7 nitrogen and oxygen atoms in total. The lowest BCUT2D eigenvalue weighted by Crippen LogP contribution is -2.44. The molecule has 0 amide bonds. The van der Waals surface area contributed by atoms with Crippen LogP contribution in [0.3, 0.4) is 0 Å². The SMILES string of the molecule is CN1CCN(c2ncnc3c2cnn3-c2ccccn2)CC1. The fourth-order valence-electron chi connectivity index (χ4n) is 2.75. The molecule has 0 bridgehead atoms. The maximum atomic E-state index is 4.49. The molecule has 0 atom stereocenters. The van der Waals surface area contributed by atoms with Crippen molar-refractivity contribution in [3.63, 3.8) is 0 Å². The number of aromatic nitrogens is 5. The Hall–Kier alpha value is -2.54. The van der Waals surface area contributed by atoms with Gasteiger partial charge in [-0.2, -0.15) is 9.78 Å². The summed E-state index contributed by atoms with van der Waals surface area (Å²) >= 11 is 0. The van der Waals surface area contributed by atoms with Crippen molar-refractivity contribution >= 4 is 16.9 Å². The molecule has 0 N–H and O–H groups in total. The average molecular weight is 295 g/mol. The monoisotopic (exact) mass is 295 g/mol. The zero-order valence-electron chi connectivity index (χ0n) is 12.4. The normalized spacial score (nSPS) is 16.3. The van der Waals surface area contributed by atoms with Gasteiger partial charge in [0.15, 0.2) is 11.5 Å². The van der Waals surface area contributed by atoms with Crippen molar-refractivity contribution in [1.82, 2.24) is 29.6 Å². The molecule has 1 aliphatic rings. The molecular weight excluding hydrogens is 278 g/mol. The van der Waals surface area contributed by atoms with E-state index in [0.717, 1.165) is 48.8 Å². The minimum absolute atomic E-state index is 0.764. The van der Waals surface area contributed by atoms with Crippen LogP contribution in [0.4, 0.5) is 5.82 Å². The van der Waals surface area contributed by atoms with Crippen molar-refractivity contribution in [3.05, 3.63) is 36.9 Å². The molecule has 112 valence electrons. The number of nitrogens with zero attached hydrogens (tertiary/aromatic N) is 7. The first-order valence-electron chi connectivity index (χ1n) is 7.36. The molecule has 3 aromatic heterocycles. The Labute approximate surface area is 128 Å². The van der Waals surface area contributed by atoms with Gasteiger partial charge in [0.25, 0.3) is 0 Å². The van der Waals surface area contributed by atoms with Crippen molar-refractivity contribution < 1.29 is 0 Å². The summed E-state index contributed by atoms with van der Waals surface area (Å²) in [7, 11) is 2.14. The van der Waals surface area contributed by atoms with Gasteiger partial charge in [-0.3, -0.25) is 0 Å². The van der Waals surface area contributed by atoms with E-state index < -0.39 is 0 Å². The Morgan fingerprint density at radius 2 is 1.86 bits per heavy atom. The summed E-state index contributed by atoms with van der Waals surface area (Å²) in [5.74, 6) is 1.72. The van der Waals surface area contributed by atoms with Gasteiger partial charge in [0, 0.05) is 32.4 Å². The Morgan fingerprint density at radius 1 is 1.00 bits per heavy atom. The van der Waals surface area contributed by atoms with Crippen LogP contribution in [-0.2, 0) is 0 Å². The van der Waals surface area contributed by atoms with Gasteiger partial charge >= 0.3 is 0 Å². The Morgan fingerprint density at radius 3 is 2.64 bits per heavy atom. The Balaban J connectivity index is 1.77. The van der Waals surface area contributed by atoms with Crippen LogP contribution in [0.25, 0.3) is 16.9 Å². The van der Waals surface area contributed by atoms with Crippen LogP contribution in [0.15, 0.2) is 36.9 Å². The Kier molecular flexibility index (Phi) is 3.19. The minimum Gasteiger partial charge on any atom is -0.353 e. The molecule has 0 spiro atoms. The molecule has 1 fully saturated rings. The van der Waals surface area contributed by atoms with Gasteiger partial charge in [0.2, 0.25) is 0 Å². The lowest BCUT2D eigenvalue weighted by molar-refractivity contribution is 0.312. The van der Waals surface area contributed by atoms with Gasteiger partial charge in [0.05, 0.1) is 11.6 Å². The number of anilines is 1. The van der Waals surface area contributed by atoms with Gasteiger partial charge in [-0.05, 0) is 19.2 Å². The first-order valence-corrected chi connectivity index (χ1v) is 7.36. The highest BCUT2D eigenvalue weighted by Gasteiger charge is 2.19. The van der Waals surface area contributed by atoms with Gasteiger partial charge in [0.1, 0.15) is 12.1 Å². The maximum absolute atomic E-state index is 4.49. The fraction of sp³-hybridized carbons (Fsp3) is 0.333. The molecule has 0 aromatic carbocycles. The van der Waals surface area contributed by atoms with Gasteiger partial charge in [-0.15, -0.1) is 0 Å². The predicted molar refractivity (Wildman–Crippen MR) is 84.2 cm³/mol. The van der Waals surface area contributed by atoms with Crippen molar-refractivity contribution in [2.24, 2.45) is 0 Å². The molecule has 0 aliphatic carbocycles. The highest BCUT2D eigenvalue weighted by molar-refractivity contribution is 5.87. The number of likely N-dealkylation sites (N-methyl/N-ethyl adjacent to an activating group) is 1. The Bertz CT molecular complexity index is 775. The highest BCUT2D eigenvalue weighted by atomic mass is 15.3. The highest BCUT2D eigenvalue weighted by Crippen LogP contribution is 2.24. The van der Waals surface area contributed by atoms with E-state index in [1.54, 1.807) is 17.2 Å². The third-order valence-corrected chi connectivity index (χ3v) is 4.01. The molecule has 1 saturated heterocycles. The third-order valence-electron chi connectivity index (χ3n) is 4.01. The van der Waals surface area contributed by atoms with Gasteiger partial charge in [-0.25, -0.2) is 15.0 Å². The van der Waals surface area contributed by atoms with Crippen molar-refractivity contribution in [2.75, 3.05) is 38.1 Å². The lowest BCUT2D eigenvalue weighted by Gasteiger charge is -2.33. The largest absolute Gasteiger partial charge is 0.353 e. The number of fused-ring (bicyclic) bond motifs is 1. The molecule has 0 saturated carbocycles. The van der Waals surface area contributed by atoms with E-state index in [1.807, 2.05) is 24.4 Å². The second-order valence-corrected chi connectivity index (χ2v) is 5.47. The number of pyridine rings is 1. The lowest BCUT2D eigenvalue weighted by atomic mass is 10.3. The quantitative estimate of drug-likeness (QED) is 0.702. The molecule has 22 heavy (non-hydrogen) atoms. The van der Waals surface area contributed by atoms with Crippen LogP contribution in [0.1, 0.15) is 0 Å². The molecule has 4 heterocycles. The van der Waals surface area contributed by atoms with Crippen LogP contribution in [0.2, 0.25) is 0 Å². The summed E-state index contributed by atoms with van der Waals surface area (Å²) in [6, 6.07) is 5.75. The summed E-state index contributed by atoms with van der Waals surface area (Å²) in [5.41, 5.74) is 0.794. The molecular formula is C15H17N7. The first kappa shape index (κ1) is 13.1. The summed E-state index contributed by atoms with van der Waals surface area (Å²) in [6.07, 6.45) is 5.19. The summed E-state index contributed by atoms with van der Waals surface area (Å²) in [5, 5.41) is 5.42. The predicted octanol–water partition coefficient (Wildman–Crippen LogP) is 0.962. The number of hydrogen-bond donors (Lipinski definition) is 0. The van der Waals surface area contributed by atoms with Gasteiger partial charge in [-0.1, -0.05) is 6.07 Å². The van der Waals surface area contributed by atoms with E-state index in [0.29, 0.717) is 0 Å². The van der Waals surface area contributed by atoms with Crippen molar-refractivity contribution in [3.8, 4) is 5.82 Å². The summed E-state index contributed by atoms with van der Waals surface area (Å²) < 4.78 is 1.76. The van der Waals surface area contributed by atoms with Crippen LogP contribution >= 0.6 is 0 Å². The van der Waals surface area contributed by atoms with Crippen LogP contribution in [0, 0.1) is 0 Å². The van der Waals surface area contributed by atoms with Crippen molar-refractivity contribution in [2.45, 2.75) is 0 Å². The first-order chi connectivity index (χ1) is 10.8. The second kappa shape index (κ2) is 5.34. The summed E-state index contributed by atoms with van der Waals surface area (Å²) in [4.78, 5) is 17.9. The molecule has 1 aliphatic heterocycles. The molecule has 7 heteroatoms. The maximum Gasteiger partial charge on any atom is 0.170 e. The topological polar surface area (TPSA) is 63.0 Å². The van der Waals surface area contributed by atoms with Crippen LogP contribution in [-0.4, -0.2) is 62.9 Å². The zero-order chi connectivity index (χ0) is 14.9. The molecule has 0 unspecified atom stereocenters. The molecule has 4 rings (SSSR count). The van der Waals surface area contributed by atoms with E-state index in [9.17, 15) is 0 Å².